The SMILES string of the molecule is Cc1cc2nc(-c3ccnc(-c4ccc5[nH]ncc5c4)c3)sc2c(-c2ccc(Cl)cc2)c1C(OC(C)(C)C)C(=O)O. The first-order valence-electron chi connectivity index (χ1n) is 13.1. The monoisotopic (exact) mass is 582 g/mol. The fraction of sp³-hybridized carbons (Fsp3) is 0.188. The van der Waals surface area contributed by atoms with E-state index in [1.807, 2.05) is 82.3 Å². The smallest absolute Gasteiger partial charge is 0.337 e. The lowest BCUT2D eigenvalue weighted by Crippen LogP contribution is -2.28. The van der Waals surface area contributed by atoms with Crippen LogP contribution < -0.4 is 0 Å². The van der Waals surface area contributed by atoms with Gasteiger partial charge in [-0.15, -0.1) is 11.3 Å². The average Bonchev–Trinajstić information content (AvgIpc) is 3.58. The summed E-state index contributed by atoms with van der Waals surface area (Å²) >= 11 is 7.74. The predicted molar refractivity (Wildman–Crippen MR) is 164 cm³/mol. The quantitative estimate of drug-likeness (QED) is 0.204. The molecule has 6 aromatic rings. The summed E-state index contributed by atoms with van der Waals surface area (Å²) in [6, 6.07) is 19.4. The summed E-state index contributed by atoms with van der Waals surface area (Å²) in [5.41, 5.74) is 6.84. The molecule has 9 heteroatoms. The number of halogens is 1. The molecule has 0 spiro atoms. The van der Waals surface area contributed by atoms with Gasteiger partial charge in [0, 0.05) is 38.9 Å². The number of aliphatic carboxylic acids is 1. The first kappa shape index (κ1) is 27.1. The molecule has 1 atom stereocenters. The van der Waals surface area contributed by atoms with Gasteiger partial charge >= 0.3 is 5.97 Å². The molecule has 0 bridgehead atoms. The topological polar surface area (TPSA) is 101 Å². The molecule has 0 amide bonds. The molecule has 3 aromatic heterocycles. The Labute approximate surface area is 245 Å². The van der Waals surface area contributed by atoms with Crippen LogP contribution in [0.4, 0.5) is 0 Å². The minimum absolute atomic E-state index is 0.600. The van der Waals surface area contributed by atoms with Crippen LogP contribution in [-0.4, -0.2) is 36.8 Å². The molecule has 0 aliphatic carbocycles. The van der Waals surface area contributed by atoms with Gasteiger partial charge in [-0.2, -0.15) is 5.10 Å². The number of nitrogens with one attached hydrogen (secondary N) is 1. The van der Waals surface area contributed by atoms with Crippen molar-refractivity contribution in [2.45, 2.75) is 39.4 Å². The zero-order valence-corrected chi connectivity index (χ0v) is 24.5. The summed E-state index contributed by atoms with van der Waals surface area (Å²) in [6.45, 7) is 7.48. The van der Waals surface area contributed by atoms with Crippen LogP contribution in [0.1, 0.15) is 38.0 Å². The number of hydrogen-bond donors (Lipinski definition) is 2. The van der Waals surface area contributed by atoms with Crippen molar-refractivity contribution >= 4 is 50.0 Å². The number of aromatic nitrogens is 4. The highest BCUT2D eigenvalue weighted by Gasteiger charge is 2.32. The number of benzene rings is 3. The van der Waals surface area contributed by atoms with Gasteiger partial charge in [0.2, 0.25) is 0 Å². The Kier molecular flexibility index (Phi) is 6.85. The van der Waals surface area contributed by atoms with Gasteiger partial charge < -0.3 is 9.84 Å². The number of aromatic amines is 1. The maximum absolute atomic E-state index is 12.6. The molecular weight excluding hydrogens is 556 g/mol. The van der Waals surface area contributed by atoms with Gasteiger partial charge in [-0.25, -0.2) is 9.78 Å². The highest BCUT2D eigenvalue weighted by atomic mass is 35.5. The minimum Gasteiger partial charge on any atom is -0.479 e. The lowest BCUT2D eigenvalue weighted by atomic mass is 9.91. The molecule has 3 aromatic carbocycles. The van der Waals surface area contributed by atoms with E-state index in [2.05, 4.69) is 21.2 Å². The number of ether oxygens (including phenoxy) is 1. The van der Waals surface area contributed by atoms with Gasteiger partial charge in [-0.3, -0.25) is 10.1 Å². The Hall–Kier alpha value is -4.11. The lowest BCUT2D eigenvalue weighted by Gasteiger charge is -2.28. The first-order valence-corrected chi connectivity index (χ1v) is 14.3. The van der Waals surface area contributed by atoms with E-state index in [4.69, 9.17) is 21.3 Å². The normalized spacial score (nSPS) is 12.7. The Morgan fingerprint density at radius 3 is 2.51 bits per heavy atom. The number of H-pyrrole nitrogens is 1. The summed E-state index contributed by atoms with van der Waals surface area (Å²) in [7, 11) is 0. The molecule has 7 nitrogen and oxygen atoms in total. The molecule has 1 unspecified atom stereocenters. The molecule has 0 aliphatic heterocycles. The predicted octanol–water partition coefficient (Wildman–Crippen LogP) is 8.47. The Morgan fingerprint density at radius 1 is 1.02 bits per heavy atom. The second-order valence-electron chi connectivity index (χ2n) is 10.9. The number of pyridine rings is 1. The van der Waals surface area contributed by atoms with Gasteiger partial charge in [0.05, 0.1) is 33.2 Å². The van der Waals surface area contributed by atoms with Crippen molar-refractivity contribution in [2.24, 2.45) is 0 Å². The summed E-state index contributed by atoms with van der Waals surface area (Å²) in [4.78, 5) is 22.2. The molecule has 0 saturated heterocycles. The molecule has 0 saturated carbocycles. The highest BCUT2D eigenvalue weighted by Crippen LogP contribution is 2.44. The Balaban J connectivity index is 1.54. The molecule has 41 heavy (non-hydrogen) atoms. The number of hydrogen-bond acceptors (Lipinski definition) is 6. The van der Waals surface area contributed by atoms with Crippen LogP contribution in [0.3, 0.4) is 0 Å². The first-order chi connectivity index (χ1) is 19.6. The van der Waals surface area contributed by atoms with Crippen LogP contribution in [0.2, 0.25) is 5.02 Å². The Bertz CT molecular complexity index is 1920. The van der Waals surface area contributed by atoms with Gasteiger partial charge in [0.15, 0.2) is 6.10 Å². The molecule has 3 heterocycles. The number of nitrogens with zero attached hydrogens (tertiary/aromatic N) is 3. The summed E-state index contributed by atoms with van der Waals surface area (Å²) < 4.78 is 7.00. The standard InChI is InChI=1S/C32H27ClN4O3S/c1-17-13-25-29(27(18-5-8-22(33)9-6-18)26(17)28(31(38)39)40-32(2,3)4)41-30(36-25)20-11-12-34-24(15-20)19-7-10-23-21(14-19)16-35-37-23/h5-16,28H,1-4H3,(H,35,37)(H,38,39). The fourth-order valence-electron chi connectivity index (χ4n) is 4.99. The summed E-state index contributed by atoms with van der Waals surface area (Å²) in [5.74, 6) is -1.05. The van der Waals surface area contributed by atoms with Crippen LogP contribution in [0.5, 0.6) is 0 Å². The number of carboxylic acid groups (broad SMARTS) is 1. The van der Waals surface area contributed by atoms with E-state index < -0.39 is 17.7 Å². The fourth-order valence-corrected chi connectivity index (χ4v) is 6.23. The van der Waals surface area contributed by atoms with Crippen molar-refractivity contribution in [2.75, 3.05) is 0 Å². The van der Waals surface area contributed by atoms with Gasteiger partial charge in [-0.05, 0) is 81.3 Å². The van der Waals surface area contributed by atoms with Crippen molar-refractivity contribution in [3.8, 4) is 33.0 Å². The Morgan fingerprint density at radius 2 is 1.78 bits per heavy atom. The van der Waals surface area contributed by atoms with E-state index >= 15 is 0 Å². The highest BCUT2D eigenvalue weighted by molar-refractivity contribution is 7.22. The third-order valence-corrected chi connectivity index (χ3v) is 8.15. The molecule has 2 N–H and O–H groups in total. The van der Waals surface area contributed by atoms with Crippen LogP contribution in [-0.2, 0) is 9.53 Å². The molecule has 0 radical (unpaired) electrons. The zero-order chi connectivity index (χ0) is 28.9. The number of fused-ring (bicyclic) bond motifs is 2. The van der Waals surface area contributed by atoms with Crippen molar-refractivity contribution in [3.63, 3.8) is 0 Å². The van der Waals surface area contributed by atoms with Gasteiger partial charge in [0.25, 0.3) is 0 Å². The average molecular weight is 583 g/mol. The molecular formula is C32H27ClN4O3S. The third kappa shape index (κ3) is 5.34. The van der Waals surface area contributed by atoms with Gasteiger partial charge in [-0.1, -0.05) is 29.8 Å². The maximum Gasteiger partial charge on any atom is 0.337 e. The number of rotatable bonds is 6. The van der Waals surface area contributed by atoms with E-state index in [0.717, 1.165) is 59.6 Å². The van der Waals surface area contributed by atoms with Crippen LogP contribution >= 0.6 is 22.9 Å². The minimum atomic E-state index is -1.17. The number of aryl methyl sites for hydroxylation is 1. The zero-order valence-electron chi connectivity index (χ0n) is 22.9. The third-order valence-electron chi connectivity index (χ3n) is 6.76. The second kappa shape index (κ2) is 10.4. The van der Waals surface area contributed by atoms with Crippen molar-refractivity contribution < 1.29 is 14.6 Å². The van der Waals surface area contributed by atoms with E-state index in [1.165, 1.54) is 11.3 Å². The van der Waals surface area contributed by atoms with Crippen molar-refractivity contribution in [1.82, 2.24) is 20.2 Å². The van der Waals surface area contributed by atoms with Crippen LogP contribution in [0.25, 0.3) is 54.1 Å². The second-order valence-corrected chi connectivity index (χ2v) is 12.3. The summed E-state index contributed by atoms with van der Waals surface area (Å²) in [6.07, 6.45) is 2.41. The van der Waals surface area contributed by atoms with Crippen LogP contribution in [0, 0.1) is 6.92 Å². The summed E-state index contributed by atoms with van der Waals surface area (Å²) in [5, 5.41) is 19.8. The van der Waals surface area contributed by atoms with E-state index in [9.17, 15) is 9.90 Å². The van der Waals surface area contributed by atoms with Crippen LogP contribution in [0.15, 0.2) is 73.1 Å². The molecule has 6 rings (SSSR count). The van der Waals surface area contributed by atoms with Crippen molar-refractivity contribution in [1.29, 1.82) is 0 Å². The molecule has 206 valence electrons. The number of thiazole rings is 1. The number of carbonyl (C=O) groups is 1. The van der Waals surface area contributed by atoms with E-state index in [-0.39, 0.29) is 0 Å². The molecule has 0 aliphatic rings. The maximum atomic E-state index is 12.6. The lowest BCUT2D eigenvalue weighted by molar-refractivity contribution is -0.160. The largest absolute Gasteiger partial charge is 0.479 e. The molecule has 0 fully saturated rings. The van der Waals surface area contributed by atoms with E-state index in [0.29, 0.717) is 10.6 Å². The van der Waals surface area contributed by atoms with Crippen molar-refractivity contribution in [3.05, 3.63) is 89.2 Å². The number of carboxylic acids is 1. The van der Waals surface area contributed by atoms with E-state index in [1.54, 1.807) is 12.4 Å². The van der Waals surface area contributed by atoms with Gasteiger partial charge in [0.1, 0.15) is 5.01 Å².